The van der Waals surface area contributed by atoms with Crippen LogP contribution in [0.2, 0.25) is 0 Å². The highest BCUT2D eigenvalue weighted by Gasteiger charge is 2.21. The second kappa shape index (κ2) is 4.23. The minimum absolute atomic E-state index is 0.133. The van der Waals surface area contributed by atoms with Crippen LogP contribution in [0.5, 0.6) is 0 Å². The van der Waals surface area contributed by atoms with Gasteiger partial charge in [0, 0.05) is 25.2 Å². The molecule has 0 saturated heterocycles. The van der Waals surface area contributed by atoms with E-state index in [1.54, 1.807) is 4.90 Å². The lowest BCUT2D eigenvalue weighted by molar-refractivity contribution is -0.118. The Morgan fingerprint density at radius 3 is 2.88 bits per heavy atom. The summed E-state index contributed by atoms with van der Waals surface area (Å²) in [6.45, 7) is 2.01. The van der Waals surface area contributed by atoms with Crippen molar-refractivity contribution < 1.29 is 4.79 Å². The molecule has 1 aliphatic heterocycles. The number of fused-ring (bicyclic) bond motifs is 1. The van der Waals surface area contributed by atoms with Crippen molar-refractivity contribution in [1.29, 1.82) is 0 Å². The van der Waals surface area contributed by atoms with Gasteiger partial charge in [0.2, 0.25) is 5.91 Å². The third-order valence-electron chi connectivity index (χ3n) is 3.20. The quantitative estimate of drug-likeness (QED) is 0.579. The number of nitrogens with one attached hydrogen (secondary N) is 1. The van der Waals surface area contributed by atoms with Crippen LogP contribution in [0.15, 0.2) is 18.2 Å². The molecule has 0 saturated carbocycles. The standard InChI is InChI=1S/C12H17N3O/c1-8(14-13)9-3-5-11-10(7-9)4-6-12(16)15(11)2/h3,5,7-8,14H,4,6,13H2,1-2H3. The minimum Gasteiger partial charge on any atom is -0.315 e. The molecule has 86 valence electrons. The lowest BCUT2D eigenvalue weighted by Gasteiger charge is -2.26. The summed E-state index contributed by atoms with van der Waals surface area (Å²) in [4.78, 5) is 13.3. The van der Waals surface area contributed by atoms with Crippen LogP contribution in [0.4, 0.5) is 5.69 Å². The van der Waals surface area contributed by atoms with Crippen molar-refractivity contribution in [2.45, 2.75) is 25.8 Å². The van der Waals surface area contributed by atoms with Crippen LogP contribution in [0.25, 0.3) is 0 Å². The Labute approximate surface area is 95.4 Å². The van der Waals surface area contributed by atoms with Crippen LogP contribution in [0.1, 0.15) is 30.5 Å². The number of rotatable bonds is 2. The summed E-state index contributed by atoms with van der Waals surface area (Å²) in [5.74, 6) is 5.60. The zero-order valence-corrected chi connectivity index (χ0v) is 9.66. The van der Waals surface area contributed by atoms with Crippen LogP contribution in [0, 0.1) is 0 Å². The van der Waals surface area contributed by atoms with Gasteiger partial charge >= 0.3 is 0 Å². The summed E-state index contributed by atoms with van der Waals surface area (Å²) in [5, 5.41) is 0. The van der Waals surface area contributed by atoms with E-state index in [2.05, 4.69) is 11.5 Å². The highest BCUT2D eigenvalue weighted by molar-refractivity contribution is 5.95. The van der Waals surface area contributed by atoms with Crippen molar-refractivity contribution in [3.05, 3.63) is 29.3 Å². The highest BCUT2D eigenvalue weighted by Crippen LogP contribution is 2.29. The van der Waals surface area contributed by atoms with Crippen LogP contribution in [-0.2, 0) is 11.2 Å². The molecule has 1 aromatic carbocycles. The van der Waals surface area contributed by atoms with Crippen molar-refractivity contribution in [1.82, 2.24) is 5.43 Å². The Kier molecular flexibility index (Phi) is 2.94. The van der Waals surface area contributed by atoms with Gasteiger partial charge in [0.25, 0.3) is 0 Å². The van der Waals surface area contributed by atoms with Gasteiger partial charge in [-0.05, 0) is 30.5 Å². The average molecular weight is 219 g/mol. The summed E-state index contributed by atoms with van der Waals surface area (Å²) in [7, 11) is 1.82. The number of amides is 1. The monoisotopic (exact) mass is 219 g/mol. The Balaban J connectivity index is 2.37. The van der Waals surface area contributed by atoms with Crippen LogP contribution < -0.4 is 16.2 Å². The van der Waals surface area contributed by atoms with E-state index < -0.39 is 0 Å². The fourth-order valence-corrected chi connectivity index (χ4v) is 2.04. The molecule has 2 rings (SSSR count). The number of nitrogens with zero attached hydrogens (tertiary/aromatic N) is 1. The molecule has 4 nitrogen and oxygen atoms in total. The van der Waals surface area contributed by atoms with Crippen molar-refractivity contribution in [2.75, 3.05) is 11.9 Å². The number of hydrogen-bond donors (Lipinski definition) is 2. The zero-order chi connectivity index (χ0) is 11.7. The predicted molar refractivity (Wildman–Crippen MR) is 63.9 cm³/mol. The maximum Gasteiger partial charge on any atom is 0.227 e. The van der Waals surface area contributed by atoms with E-state index in [-0.39, 0.29) is 11.9 Å². The number of hydrazine groups is 1. The first-order chi connectivity index (χ1) is 7.63. The van der Waals surface area contributed by atoms with Crippen LogP contribution in [0.3, 0.4) is 0 Å². The average Bonchev–Trinajstić information content (AvgIpc) is 2.32. The normalized spacial score (nSPS) is 17.2. The van der Waals surface area contributed by atoms with E-state index in [0.29, 0.717) is 6.42 Å². The number of carbonyl (C=O) groups is 1. The van der Waals surface area contributed by atoms with Gasteiger partial charge in [0.15, 0.2) is 0 Å². The van der Waals surface area contributed by atoms with Crippen LogP contribution in [-0.4, -0.2) is 13.0 Å². The summed E-state index contributed by atoms with van der Waals surface area (Å²) in [6, 6.07) is 6.27. The van der Waals surface area contributed by atoms with Crippen molar-refractivity contribution in [2.24, 2.45) is 5.84 Å². The van der Waals surface area contributed by atoms with Crippen LogP contribution >= 0.6 is 0 Å². The molecule has 0 aromatic heterocycles. The summed E-state index contributed by atoms with van der Waals surface area (Å²) < 4.78 is 0. The van der Waals surface area contributed by atoms with Crippen molar-refractivity contribution >= 4 is 11.6 Å². The van der Waals surface area contributed by atoms with Crippen molar-refractivity contribution in [3.63, 3.8) is 0 Å². The Morgan fingerprint density at radius 2 is 2.19 bits per heavy atom. The largest absolute Gasteiger partial charge is 0.315 e. The predicted octanol–water partition coefficient (Wildman–Crippen LogP) is 1.12. The molecule has 3 N–H and O–H groups in total. The molecule has 4 heteroatoms. The maximum absolute atomic E-state index is 11.5. The first kappa shape index (κ1) is 11.1. The molecule has 1 atom stereocenters. The molecule has 1 aliphatic rings. The Hall–Kier alpha value is -1.39. The first-order valence-electron chi connectivity index (χ1n) is 5.49. The SMILES string of the molecule is CC(NN)c1ccc2c(c1)CCC(=O)N2C. The third kappa shape index (κ3) is 1.81. The topological polar surface area (TPSA) is 58.4 Å². The van der Waals surface area contributed by atoms with Gasteiger partial charge in [-0.1, -0.05) is 12.1 Å². The molecule has 0 spiro atoms. The molecule has 0 fully saturated rings. The third-order valence-corrected chi connectivity index (χ3v) is 3.20. The smallest absolute Gasteiger partial charge is 0.227 e. The van der Waals surface area contributed by atoms with E-state index in [9.17, 15) is 4.79 Å². The van der Waals surface area contributed by atoms with Gasteiger partial charge in [0.05, 0.1) is 0 Å². The molecule has 1 heterocycles. The molecule has 0 aliphatic carbocycles. The fourth-order valence-electron chi connectivity index (χ4n) is 2.04. The Bertz CT molecular complexity index is 417. The molecular weight excluding hydrogens is 202 g/mol. The van der Waals surface area contributed by atoms with E-state index in [1.807, 2.05) is 26.1 Å². The Morgan fingerprint density at radius 1 is 1.44 bits per heavy atom. The lowest BCUT2D eigenvalue weighted by Crippen LogP contribution is -2.31. The molecule has 1 amide bonds. The molecule has 1 unspecified atom stereocenters. The van der Waals surface area contributed by atoms with E-state index in [4.69, 9.17) is 5.84 Å². The van der Waals surface area contributed by atoms with Gasteiger partial charge in [-0.15, -0.1) is 0 Å². The highest BCUT2D eigenvalue weighted by atomic mass is 16.2. The molecule has 16 heavy (non-hydrogen) atoms. The summed E-state index contributed by atoms with van der Waals surface area (Å²) in [6.07, 6.45) is 1.42. The molecule has 0 radical (unpaired) electrons. The number of carbonyl (C=O) groups excluding carboxylic acids is 1. The minimum atomic E-state index is 0.133. The number of aryl methyl sites for hydroxylation is 1. The lowest BCUT2D eigenvalue weighted by atomic mass is 9.97. The fraction of sp³-hybridized carbons (Fsp3) is 0.417. The molecular formula is C12H17N3O. The second-order valence-electron chi connectivity index (χ2n) is 4.23. The number of anilines is 1. The van der Waals surface area contributed by atoms with Gasteiger partial charge < -0.3 is 4.90 Å². The maximum atomic E-state index is 11.5. The zero-order valence-electron chi connectivity index (χ0n) is 9.66. The van der Waals surface area contributed by atoms with Gasteiger partial charge in [-0.2, -0.15) is 0 Å². The molecule has 0 bridgehead atoms. The summed E-state index contributed by atoms with van der Waals surface area (Å²) >= 11 is 0. The van der Waals surface area contributed by atoms with Gasteiger partial charge in [-0.3, -0.25) is 16.1 Å². The number of hydrogen-bond acceptors (Lipinski definition) is 3. The van der Waals surface area contributed by atoms with Gasteiger partial charge in [-0.25, -0.2) is 0 Å². The first-order valence-corrected chi connectivity index (χ1v) is 5.49. The molecule has 1 aromatic rings. The van der Waals surface area contributed by atoms with E-state index in [0.717, 1.165) is 17.7 Å². The van der Waals surface area contributed by atoms with E-state index >= 15 is 0 Å². The number of nitrogens with two attached hydrogens (primary N) is 1. The van der Waals surface area contributed by atoms with Gasteiger partial charge in [0.1, 0.15) is 0 Å². The van der Waals surface area contributed by atoms with Crippen molar-refractivity contribution in [3.8, 4) is 0 Å². The van der Waals surface area contributed by atoms with E-state index in [1.165, 1.54) is 5.56 Å². The second-order valence-corrected chi connectivity index (χ2v) is 4.23. The summed E-state index contributed by atoms with van der Waals surface area (Å²) in [5.41, 5.74) is 6.13. The number of benzene rings is 1.